The number of hydrogen-bond donors (Lipinski definition) is 0. The van der Waals surface area contributed by atoms with Gasteiger partial charge in [0, 0.05) is 19.7 Å². The standard InChI is InChI=1S/C20H20N2O5S/c1-22(2)28(24,25)17-8-6-16(7-9-17)18(23)10-4-15-5-11-19(27-13-12-21)20(14-15)26-3/h4-11,14H,13H2,1-3H3/b10-4+. The Hall–Kier alpha value is -3.15. The lowest BCUT2D eigenvalue weighted by Crippen LogP contribution is -2.22. The fourth-order valence-corrected chi connectivity index (χ4v) is 3.19. The highest BCUT2D eigenvalue weighted by atomic mass is 32.2. The summed E-state index contributed by atoms with van der Waals surface area (Å²) in [7, 11) is 0.841. The predicted molar refractivity (Wildman–Crippen MR) is 105 cm³/mol. The molecule has 0 aliphatic heterocycles. The molecule has 28 heavy (non-hydrogen) atoms. The van der Waals surface area contributed by atoms with Gasteiger partial charge in [-0.05, 0) is 48.0 Å². The molecule has 0 amide bonds. The molecule has 7 nitrogen and oxygen atoms in total. The molecular weight excluding hydrogens is 380 g/mol. The number of sulfonamides is 1. The lowest BCUT2D eigenvalue weighted by molar-refractivity contribution is 0.104. The molecule has 0 radical (unpaired) electrons. The van der Waals surface area contributed by atoms with E-state index in [0.29, 0.717) is 22.6 Å². The van der Waals surface area contributed by atoms with Crippen molar-refractivity contribution in [2.75, 3.05) is 27.8 Å². The molecule has 0 fully saturated rings. The molecule has 0 aliphatic rings. The van der Waals surface area contributed by atoms with E-state index in [4.69, 9.17) is 14.7 Å². The van der Waals surface area contributed by atoms with Crippen LogP contribution in [0.3, 0.4) is 0 Å². The van der Waals surface area contributed by atoms with Crippen molar-refractivity contribution in [3.8, 4) is 17.6 Å². The Morgan fingerprint density at radius 2 is 1.82 bits per heavy atom. The molecule has 0 bridgehead atoms. The molecule has 0 aromatic heterocycles. The SMILES string of the molecule is COc1cc(/C=C/C(=O)c2ccc(S(=O)(=O)N(C)C)cc2)ccc1OCC#N. The molecule has 0 saturated heterocycles. The molecule has 8 heteroatoms. The maximum absolute atomic E-state index is 12.3. The van der Waals surface area contributed by atoms with Gasteiger partial charge in [-0.1, -0.05) is 12.1 Å². The molecule has 2 aromatic carbocycles. The summed E-state index contributed by atoms with van der Waals surface area (Å²) in [4.78, 5) is 12.5. The number of nitrogens with zero attached hydrogens (tertiary/aromatic N) is 2. The van der Waals surface area contributed by atoms with Crippen molar-refractivity contribution in [3.63, 3.8) is 0 Å². The molecule has 0 heterocycles. The summed E-state index contributed by atoms with van der Waals surface area (Å²) in [6.07, 6.45) is 3.00. The minimum absolute atomic E-state index is 0.0937. The third kappa shape index (κ3) is 4.97. The Morgan fingerprint density at radius 1 is 1.14 bits per heavy atom. The van der Waals surface area contributed by atoms with E-state index >= 15 is 0 Å². The first kappa shape index (κ1) is 21.2. The van der Waals surface area contributed by atoms with Crippen LogP contribution in [0.25, 0.3) is 6.08 Å². The average molecular weight is 400 g/mol. The fraction of sp³-hybridized carbons (Fsp3) is 0.200. The monoisotopic (exact) mass is 400 g/mol. The first-order valence-corrected chi connectivity index (χ1v) is 9.66. The van der Waals surface area contributed by atoms with Crippen molar-refractivity contribution in [3.05, 3.63) is 59.7 Å². The van der Waals surface area contributed by atoms with Crippen LogP contribution in [-0.4, -0.2) is 46.3 Å². The van der Waals surface area contributed by atoms with E-state index in [-0.39, 0.29) is 17.3 Å². The van der Waals surface area contributed by atoms with Gasteiger partial charge in [0.2, 0.25) is 10.0 Å². The van der Waals surface area contributed by atoms with Gasteiger partial charge in [0.05, 0.1) is 12.0 Å². The van der Waals surface area contributed by atoms with E-state index in [1.165, 1.54) is 51.5 Å². The lowest BCUT2D eigenvalue weighted by atomic mass is 10.1. The van der Waals surface area contributed by atoms with Crippen LogP contribution in [0, 0.1) is 11.3 Å². The number of allylic oxidation sites excluding steroid dienone is 1. The zero-order valence-electron chi connectivity index (χ0n) is 15.7. The first-order valence-electron chi connectivity index (χ1n) is 8.22. The Morgan fingerprint density at radius 3 is 2.39 bits per heavy atom. The van der Waals surface area contributed by atoms with Crippen LogP contribution >= 0.6 is 0 Å². The van der Waals surface area contributed by atoms with Crippen molar-refractivity contribution < 1.29 is 22.7 Å². The number of nitriles is 1. The van der Waals surface area contributed by atoms with Gasteiger partial charge < -0.3 is 9.47 Å². The number of hydrogen-bond acceptors (Lipinski definition) is 6. The summed E-state index contributed by atoms with van der Waals surface area (Å²) in [5, 5.41) is 8.59. The average Bonchev–Trinajstić information content (AvgIpc) is 2.70. The molecule has 2 aromatic rings. The van der Waals surface area contributed by atoms with Gasteiger partial charge >= 0.3 is 0 Å². The highest BCUT2D eigenvalue weighted by molar-refractivity contribution is 7.89. The number of methoxy groups -OCH3 is 1. The molecule has 0 unspecified atom stereocenters. The number of carbonyl (C=O) groups excluding carboxylic acids is 1. The summed E-state index contributed by atoms with van der Waals surface area (Å²) in [5.41, 5.74) is 1.08. The second-order valence-corrected chi connectivity index (χ2v) is 8.02. The second-order valence-electron chi connectivity index (χ2n) is 5.87. The number of rotatable bonds is 8. The summed E-state index contributed by atoms with van der Waals surface area (Å²) >= 11 is 0. The van der Waals surface area contributed by atoms with Crippen molar-refractivity contribution in [2.24, 2.45) is 0 Å². The van der Waals surface area contributed by atoms with E-state index in [0.717, 1.165) is 4.31 Å². The minimum atomic E-state index is -3.54. The molecule has 2 rings (SSSR count). The van der Waals surface area contributed by atoms with Crippen LogP contribution in [-0.2, 0) is 10.0 Å². The van der Waals surface area contributed by atoms with E-state index in [9.17, 15) is 13.2 Å². The van der Waals surface area contributed by atoms with E-state index in [1.54, 1.807) is 24.3 Å². The van der Waals surface area contributed by atoms with Crippen molar-refractivity contribution in [2.45, 2.75) is 4.90 Å². The molecule has 0 atom stereocenters. The maximum atomic E-state index is 12.3. The van der Waals surface area contributed by atoms with Crippen molar-refractivity contribution in [1.82, 2.24) is 4.31 Å². The topological polar surface area (TPSA) is 96.7 Å². The number of carbonyl (C=O) groups is 1. The molecule has 0 spiro atoms. The Labute approximate surface area is 164 Å². The van der Waals surface area contributed by atoms with Gasteiger partial charge in [-0.25, -0.2) is 12.7 Å². The first-order chi connectivity index (χ1) is 13.3. The highest BCUT2D eigenvalue weighted by Crippen LogP contribution is 2.28. The Kier molecular flexibility index (Phi) is 6.93. The fourth-order valence-electron chi connectivity index (χ4n) is 2.29. The Bertz CT molecular complexity index is 1020. The third-order valence-electron chi connectivity index (χ3n) is 3.82. The van der Waals surface area contributed by atoms with Crippen LogP contribution in [0.2, 0.25) is 0 Å². The van der Waals surface area contributed by atoms with Gasteiger partial charge in [-0.3, -0.25) is 4.79 Å². The molecular formula is C20H20N2O5S. The van der Waals surface area contributed by atoms with Gasteiger partial charge in [0.1, 0.15) is 6.07 Å². The molecule has 146 valence electrons. The lowest BCUT2D eigenvalue weighted by Gasteiger charge is -2.11. The Balaban J connectivity index is 2.16. The van der Waals surface area contributed by atoms with Crippen LogP contribution in [0.5, 0.6) is 11.5 Å². The van der Waals surface area contributed by atoms with Crippen LogP contribution in [0.4, 0.5) is 0 Å². The predicted octanol–water partition coefficient (Wildman–Crippen LogP) is 2.74. The van der Waals surface area contributed by atoms with Gasteiger partial charge in [0.25, 0.3) is 0 Å². The van der Waals surface area contributed by atoms with Gasteiger partial charge in [-0.2, -0.15) is 5.26 Å². The third-order valence-corrected chi connectivity index (χ3v) is 5.65. The second kappa shape index (κ2) is 9.17. The van der Waals surface area contributed by atoms with Gasteiger partial charge in [-0.15, -0.1) is 0 Å². The number of ketones is 1. The van der Waals surface area contributed by atoms with Crippen molar-refractivity contribution in [1.29, 1.82) is 5.26 Å². The quantitative estimate of drug-likeness (QED) is 0.499. The maximum Gasteiger partial charge on any atom is 0.242 e. The molecule has 0 aliphatic carbocycles. The molecule has 0 N–H and O–H groups in total. The largest absolute Gasteiger partial charge is 0.493 e. The number of ether oxygens (including phenoxy) is 2. The summed E-state index contributed by atoms with van der Waals surface area (Å²) < 4.78 is 35.7. The van der Waals surface area contributed by atoms with E-state index in [2.05, 4.69) is 0 Å². The minimum Gasteiger partial charge on any atom is -0.493 e. The normalized spacial score (nSPS) is 11.4. The smallest absolute Gasteiger partial charge is 0.242 e. The van der Waals surface area contributed by atoms with Crippen LogP contribution in [0.15, 0.2) is 53.4 Å². The van der Waals surface area contributed by atoms with Crippen LogP contribution in [0.1, 0.15) is 15.9 Å². The van der Waals surface area contributed by atoms with Gasteiger partial charge in [0.15, 0.2) is 23.9 Å². The van der Waals surface area contributed by atoms with Crippen molar-refractivity contribution >= 4 is 21.9 Å². The highest BCUT2D eigenvalue weighted by Gasteiger charge is 2.17. The summed E-state index contributed by atoms with van der Waals surface area (Å²) in [6.45, 7) is -0.0937. The zero-order chi connectivity index (χ0) is 20.7. The number of benzene rings is 2. The van der Waals surface area contributed by atoms with Crippen LogP contribution < -0.4 is 9.47 Å². The summed E-state index contributed by atoms with van der Waals surface area (Å²) in [6, 6.07) is 12.7. The molecule has 0 saturated carbocycles. The van der Waals surface area contributed by atoms with E-state index < -0.39 is 10.0 Å². The zero-order valence-corrected chi connectivity index (χ0v) is 16.6. The summed E-state index contributed by atoms with van der Waals surface area (Å²) in [5.74, 6) is 0.617. The van der Waals surface area contributed by atoms with E-state index in [1.807, 2.05) is 6.07 Å².